The topological polar surface area (TPSA) is 0 Å². The van der Waals surface area contributed by atoms with Gasteiger partial charge in [-0.05, 0) is 36.5 Å². The molecule has 0 rings (SSSR count). The zero-order chi connectivity index (χ0) is 10.2. The summed E-state index contributed by atoms with van der Waals surface area (Å²) in [5.74, 6) is 4.07. The molecule has 0 saturated carbocycles. The molecule has 0 aliphatic carbocycles. The van der Waals surface area contributed by atoms with Gasteiger partial charge in [0.2, 0.25) is 0 Å². The maximum atomic E-state index is 4.31. The van der Waals surface area contributed by atoms with E-state index in [1.54, 1.807) is 0 Å². The normalized spacial score (nSPS) is 15.7. The molecule has 0 radical (unpaired) electrons. The summed E-state index contributed by atoms with van der Waals surface area (Å²) in [6, 6.07) is 0. The molecule has 0 aromatic heterocycles. The molecular weight excluding hydrogens is 236 g/mol. The molecule has 0 nitrogen and oxygen atoms in total. The van der Waals surface area contributed by atoms with Gasteiger partial charge in [-0.3, -0.25) is 0 Å². The SMILES string of the molecule is CC(CCS)(CCCS)SCCS. The Morgan fingerprint density at radius 3 is 2.15 bits per heavy atom. The predicted octanol–water partition coefficient (Wildman–Crippen LogP) is 3.44. The van der Waals surface area contributed by atoms with Gasteiger partial charge in [0.15, 0.2) is 0 Å². The number of hydrogen-bond donors (Lipinski definition) is 3. The molecule has 0 aromatic rings. The summed E-state index contributed by atoms with van der Waals surface area (Å²) in [5.41, 5.74) is 0. The third-order valence-electron chi connectivity index (χ3n) is 2.05. The highest BCUT2D eigenvalue weighted by Crippen LogP contribution is 2.33. The first kappa shape index (κ1) is 14.4. The van der Waals surface area contributed by atoms with Crippen molar-refractivity contribution in [3.63, 3.8) is 0 Å². The standard InChI is InChI=1S/C9H20S4/c1-9(4-6-11,3-2-5-10)13-8-7-12/h10-12H,2-8H2,1H3. The Balaban J connectivity index is 3.84. The third kappa shape index (κ3) is 7.34. The van der Waals surface area contributed by atoms with Crippen LogP contribution in [-0.4, -0.2) is 27.8 Å². The lowest BCUT2D eigenvalue weighted by Crippen LogP contribution is -2.22. The second kappa shape index (κ2) is 8.69. The van der Waals surface area contributed by atoms with Crippen molar-refractivity contribution in [3.05, 3.63) is 0 Å². The van der Waals surface area contributed by atoms with Crippen LogP contribution in [0.25, 0.3) is 0 Å². The summed E-state index contributed by atoms with van der Waals surface area (Å²) in [6.07, 6.45) is 3.63. The fraction of sp³-hybridized carbons (Fsp3) is 1.00. The summed E-state index contributed by atoms with van der Waals surface area (Å²) < 4.78 is 0.396. The van der Waals surface area contributed by atoms with E-state index >= 15 is 0 Å². The zero-order valence-corrected chi connectivity index (χ0v) is 11.7. The average Bonchev–Trinajstić information content (AvgIpc) is 2.12. The van der Waals surface area contributed by atoms with Gasteiger partial charge in [-0.1, -0.05) is 6.92 Å². The Labute approximate surface area is 103 Å². The fourth-order valence-corrected chi connectivity index (χ4v) is 3.45. The molecule has 0 fully saturated rings. The van der Waals surface area contributed by atoms with Crippen molar-refractivity contribution >= 4 is 49.6 Å². The van der Waals surface area contributed by atoms with Gasteiger partial charge >= 0.3 is 0 Å². The van der Waals surface area contributed by atoms with Gasteiger partial charge in [0, 0.05) is 10.5 Å². The minimum Gasteiger partial charge on any atom is -0.179 e. The second-order valence-electron chi connectivity index (χ2n) is 3.32. The van der Waals surface area contributed by atoms with Crippen LogP contribution in [0.2, 0.25) is 0 Å². The molecule has 4 heteroatoms. The van der Waals surface area contributed by atoms with Gasteiger partial charge < -0.3 is 0 Å². The van der Waals surface area contributed by atoms with Gasteiger partial charge in [0.05, 0.1) is 0 Å². The number of rotatable bonds is 8. The highest BCUT2D eigenvalue weighted by molar-refractivity contribution is 8.01. The van der Waals surface area contributed by atoms with E-state index in [-0.39, 0.29) is 0 Å². The van der Waals surface area contributed by atoms with Crippen LogP contribution in [0.5, 0.6) is 0 Å². The first-order valence-electron chi connectivity index (χ1n) is 4.65. The number of thiol groups is 3. The van der Waals surface area contributed by atoms with Gasteiger partial charge in [-0.2, -0.15) is 49.6 Å². The van der Waals surface area contributed by atoms with Crippen LogP contribution in [0.3, 0.4) is 0 Å². The van der Waals surface area contributed by atoms with Crippen molar-refractivity contribution < 1.29 is 0 Å². The molecule has 0 aliphatic rings. The molecule has 0 aliphatic heterocycles. The van der Waals surface area contributed by atoms with Crippen LogP contribution in [-0.2, 0) is 0 Å². The Morgan fingerprint density at radius 1 is 1.00 bits per heavy atom. The van der Waals surface area contributed by atoms with Crippen LogP contribution < -0.4 is 0 Å². The van der Waals surface area contributed by atoms with E-state index in [1.807, 2.05) is 11.8 Å². The van der Waals surface area contributed by atoms with Gasteiger partial charge in [-0.25, -0.2) is 0 Å². The van der Waals surface area contributed by atoms with Crippen LogP contribution >= 0.6 is 49.6 Å². The monoisotopic (exact) mass is 256 g/mol. The molecule has 0 aromatic carbocycles. The molecular formula is C9H20S4. The first-order chi connectivity index (χ1) is 6.18. The van der Waals surface area contributed by atoms with Crippen molar-refractivity contribution in [1.29, 1.82) is 0 Å². The first-order valence-corrected chi connectivity index (χ1v) is 7.53. The Hall–Kier alpha value is 1.40. The van der Waals surface area contributed by atoms with Gasteiger partial charge in [0.25, 0.3) is 0 Å². The summed E-state index contributed by atoms with van der Waals surface area (Å²) >= 11 is 14.8. The molecule has 0 bridgehead atoms. The van der Waals surface area contributed by atoms with E-state index in [1.165, 1.54) is 19.3 Å². The average molecular weight is 257 g/mol. The second-order valence-corrected chi connectivity index (χ2v) is 6.35. The third-order valence-corrected chi connectivity index (χ3v) is 4.63. The van der Waals surface area contributed by atoms with Gasteiger partial charge in [0.1, 0.15) is 0 Å². The molecule has 0 saturated heterocycles. The van der Waals surface area contributed by atoms with Crippen molar-refractivity contribution in [3.8, 4) is 0 Å². The number of thioether (sulfide) groups is 1. The molecule has 1 unspecified atom stereocenters. The lowest BCUT2D eigenvalue weighted by atomic mass is 10.0. The molecule has 0 heterocycles. The highest BCUT2D eigenvalue weighted by atomic mass is 32.2. The van der Waals surface area contributed by atoms with Gasteiger partial charge in [-0.15, -0.1) is 0 Å². The Morgan fingerprint density at radius 2 is 1.69 bits per heavy atom. The molecule has 80 valence electrons. The van der Waals surface area contributed by atoms with E-state index in [9.17, 15) is 0 Å². The minimum absolute atomic E-state index is 0.396. The van der Waals surface area contributed by atoms with E-state index in [2.05, 4.69) is 44.8 Å². The van der Waals surface area contributed by atoms with Crippen molar-refractivity contribution in [2.75, 3.05) is 23.0 Å². The van der Waals surface area contributed by atoms with E-state index in [4.69, 9.17) is 0 Å². The maximum Gasteiger partial charge on any atom is 0.0140 e. The van der Waals surface area contributed by atoms with E-state index < -0.39 is 0 Å². The largest absolute Gasteiger partial charge is 0.179 e. The molecule has 0 spiro atoms. The van der Waals surface area contributed by atoms with Crippen LogP contribution in [0.4, 0.5) is 0 Å². The molecule has 0 N–H and O–H groups in total. The summed E-state index contributed by atoms with van der Waals surface area (Å²) in [4.78, 5) is 0. The lowest BCUT2D eigenvalue weighted by molar-refractivity contribution is 0.567. The quantitative estimate of drug-likeness (QED) is 0.559. The Kier molecular flexibility index (Phi) is 9.62. The fourth-order valence-electron chi connectivity index (χ4n) is 1.25. The summed E-state index contributed by atoms with van der Waals surface area (Å²) in [6.45, 7) is 2.33. The lowest BCUT2D eigenvalue weighted by Gasteiger charge is -2.28. The van der Waals surface area contributed by atoms with E-state index in [0.29, 0.717) is 4.75 Å². The van der Waals surface area contributed by atoms with Crippen molar-refractivity contribution in [1.82, 2.24) is 0 Å². The molecule has 13 heavy (non-hydrogen) atoms. The van der Waals surface area contributed by atoms with Crippen LogP contribution in [0.15, 0.2) is 0 Å². The summed E-state index contributed by atoms with van der Waals surface area (Å²) in [5, 5.41) is 0. The maximum absolute atomic E-state index is 4.31. The molecule has 0 amide bonds. The minimum atomic E-state index is 0.396. The van der Waals surface area contributed by atoms with Crippen molar-refractivity contribution in [2.45, 2.75) is 30.9 Å². The smallest absolute Gasteiger partial charge is 0.0140 e. The zero-order valence-electron chi connectivity index (χ0n) is 8.20. The molecule has 1 atom stereocenters. The Bertz CT molecular complexity index is 108. The number of hydrogen-bond acceptors (Lipinski definition) is 4. The summed E-state index contributed by atoms with van der Waals surface area (Å²) in [7, 11) is 0. The highest BCUT2D eigenvalue weighted by Gasteiger charge is 2.22. The van der Waals surface area contributed by atoms with Crippen LogP contribution in [0, 0.1) is 0 Å². The predicted molar refractivity (Wildman–Crippen MR) is 76.3 cm³/mol. The van der Waals surface area contributed by atoms with Crippen molar-refractivity contribution in [2.24, 2.45) is 0 Å². The van der Waals surface area contributed by atoms with Crippen LogP contribution in [0.1, 0.15) is 26.2 Å². The van der Waals surface area contributed by atoms with E-state index in [0.717, 1.165) is 23.0 Å².